The minimum Gasteiger partial charge on any atom is -0.356 e. The van der Waals surface area contributed by atoms with Gasteiger partial charge in [-0.3, -0.25) is 4.79 Å². The molecule has 0 saturated heterocycles. The number of allylic oxidation sites excluding steroid dienone is 2. The van der Waals surface area contributed by atoms with Gasteiger partial charge in [-0.1, -0.05) is 122 Å². The van der Waals surface area contributed by atoms with Gasteiger partial charge in [0.2, 0.25) is 5.91 Å². The van der Waals surface area contributed by atoms with Crippen LogP contribution in [-0.2, 0) is 4.79 Å². The fourth-order valence-corrected chi connectivity index (χ4v) is 6.38. The number of carbonyl (C=O) groups excluding carboxylic acids is 1. The summed E-state index contributed by atoms with van der Waals surface area (Å²) in [5.74, 6) is 0.231. The van der Waals surface area contributed by atoms with Gasteiger partial charge in [-0.15, -0.1) is 0 Å². The number of amides is 1. The normalized spacial score (nSPS) is 14.0. The van der Waals surface area contributed by atoms with Crippen molar-refractivity contribution in [3.63, 3.8) is 0 Å². The van der Waals surface area contributed by atoms with E-state index >= 15 is 0 Å². The SMILES string of the molecule is CCCCCCCCCCC(=CCCCC1(CCCCNC(=O)CCCN(C)C)CC1)CCCCCCCCCC. The molecule has 242 valence electrons. The zero-order valence-electron chi connectivity index (χ0n) is 28.6. The van der Waals surface area contributed by atoms with Crippen LogP contribution in [0.1, 0.15) is 194 Å². The van der Waals surface area contributed by atoms with Gasteiger partial charge >= 0.3 is 0 Å². The number of rotatable bonds is 31. The van der Waals surface area contributed by atoms with Crippen molar-refractivity contribution >= 4 is 5.91 Å². The Morgan fingerprint density at radius 1 is 0.634 bits per heavy atom. The fourth-order valence-electron chi connectivity index (χ4n) is 6.38. The Morgan fingerprint density at radius 2 is 1.15 bits per heavy atom. The molecule has 1 N–H and O–H groups in total. The summed E-state index contributed by atoms with van der Waals surface area (Å²) in [5, 5.41) is 3.13. The molecule has 0 atom stereocenters. The zero-order chi connectivity index (χ0) is 29.9. The van der Waals surface area contributed by atoms with Crippen LogP contribution in [0.3, 0.4) is 0 Å². The Bertz CT molecular complexity index is 600. The van der Waals surface area contributed by atoms with E-state index in [-0.39, 0.29) is 5.91 Å². The van der Waals surface area contributed by atoms with E-state index in [1.165, 1.54) is 161 Å². The standard InChI is InChI=1S/C38H74N2O/c1-5-7-9-11-13-15-17-19-26-36(27-20-18-16-14-12-10-8-6-2)28-21-22-30-38(32-33-38)31-23-24-34-39-37(41)29-25-35-40(3)4/h28H,5-27,29-35H2,1-4H3,(H,39,41). The van der Waals surface area contributed by atoms with Crippen molar-refractivity contribution in [2.75, 3.05) is 27.2 Å². The first kappa shape index (κ1) is 38.2. The third-order valence-corrected chi connectivity index (χ3v) is 9.47. The molecule has 0 heterocycles. The van der Waals surface area contributed by atoms with Crippen LogP contribution in [0.2, 0.25) is 0 Å². The number of carbonyl (C=O) groups is 1. The van der Waals surface area contributed by atoms with Crippen LogP contribution >= 0.6 is 0 Å². The Balaban J connectivity index is 2.24. The Kier molecular flexibility index (Phi) is 24.9. The molecule has 0 unspecified atom stereocenters. The molecule has 0 spiro atoms. The lowest BCUT2D eigenvalue weighted by Crippen LogP contribution is -2.25. The molecule has 1 aliphatic carbocycles. The molecule has 0 bridgehead atoms. The van der Waals surface area contributed by atoms with Gasteiger partial charge in [0.1, 0.15) is 0 Å². The van der Waals surface area contributed by atoms with Crippen LogP contribution < -0.4 is 5.32 Å². The summed E-state index contributed by atoms with van der Waals surface area (Å²) in [6.45, 7) is 6.47. The van der Waals surface area contributed by atoms with Crippen molar-refractivity contribution in [2.24, 2.45) is 5.41 Å². The summed E-state index contributed by atoms with van der Waals surface area (Å²) in [7, 11) is 4.13. The van der Waals surface area contributed by atoms with Gasteiger partial charge in [0.25, 0.3) is 0 Å². The van der Waals surface area contributed by atoms with Crippen molar-refractivity contribution < 1.29 is 4.79 Å². The second-order valence-corrected chi connectivity index (χ2v) is 13.9. The average molecular weight is 575 g/mol. The molecular weight excluding hydrogens is 500 g/mol. The highest BCUT2D eigenvalue weighted by Crippen LogP contribution is 2.53. The van der Waals surface area contributed by atoms with Crippen LogP contribution in [0.15, 0.2) is 11.6 Å². The molecule has 0 aromatic rings. The van der Waals surface area contributed by atoms with E-state index in [9.17, 15) is 4.79 Å². The van der Waals surface area contributed by atoms with Gasteiger partial charge in [-0.25, -0.2) is 0 Å². The summed E-state index contributed by atoms with van der Waals surface area (Å²) in [5.41, 5.74) is 2.44. The third-order valence-electron chi connectivity index (χ3n) is 9.47. The summed E-state index contributed by atoms with van der Waals surface area (Å²) in [4.78, 5) is 14.1. The topological polar surface area (TPSA) is 32.3 Å². The van der Waals surface area contributed by atoms with Gasteiger partial charge in [-0.05, 0) is 103 Å². The summed E-state index contributed by atoms with van der Waals surface area (Å²) >= 11 is 0. The number of nitrogens with zero attached hydrogens (tertiary/aromatic N) is 1. The lowest BCUT2D eigenvalue weighted by Gasteiger charge is -2.15. The molecule has 0 aromatic carbocycles. The largest absolute Gasteiger partial charge is 0.356 e. The molecule has 3 heteroatoms. The molecule has 1 aliphatic rings. The van der Waals surface area contributed by atoms with E-state index in [2.05, 4.69) is 44.2 Å². The monoisotopic (exact) mass is 575 g/mol. The summed E-state index contributed by atoms with van der Waals surface area (Å²) in [6, 6.07) is 0. The average Bonchev–Trinajstić information content (AvgIpc) is 3.72. The lowest BCUT2D eigenvalue weighted by molar-refractivity contribution is -0.121. The molecule has 1 amide bonds. The lowest BCUT2D eigenvalue weighted by atomic mass is 9.92. The summed E-state index contributed by atoms with van der Waals surface area (Å²) < 4.78 is 0. The van der Waals surface area contributed by atoms with E-state index in [1.54, 1.807) is 5.57 Å². The predicted molar refractivity (Wildman–Crippen MR) is 183 cm³/mol. The first-order chi connectivity index (χ1) is 20.0. The van der Waals surface area contributed by atoms with E-state index in [0.29, 0.717) is 11.8 Å². The molecule has 41 heavy (non-hydrogen) atoms. The Labute approximate surface area is 258 Å². The second-order valence-electron chi connectivity index (χ2n) is 13.9. The van der Waals surface area contributed by atoms with Crippen molar-refractivity contribution in [3.8, 4) is 0 Å². The van der Waals surface area contributed by atoms with Gasteiger partial charge < -0.3 is 10.2 Å². The maximum atomic E-state index is 12.0. The van der Waals surface area contributed by atoms with E-state index in [4.69, 9.17) is 0 Å². The van der Waals surface area contributed by atoms with Crippen molar-refractivity contribution in [2.45, 2.75) is 194 Å². The smallest absolute Gasteiger partial charge is 0.220 e. The fraction of sp³-hybridized carbons (Fsp3) is 0.921. The highest BCUT2D eigenvalue weighted by Gasteiger charge is 2.40. The minimum absolute atomic E-state index is 0.231. The maximum Gasteiger partial charge on any atom is 0.220 e. The van der Waals surface area contributed by atoms with Crippen LogP contribution in [0.4, 0.5) is 0 Å². The summed E-state index contributed by atoms with van der Waals surface area (Å²) in [6.07, 6.45) is 40.5. The molecule has 1 fully saturated rings. The first-order valence-corrected chi connectivity index (χ1v) is 18.6. The number of hydrogen-bond donors (Lipinski definition) is 1. The number of nitrogens with one attached hydrogen (secondary N) is 1. The van der Waals surface area contributed by atoms with Crippen molar-refractivity contribution in [1.82, 2.24) is 10.2 Å². The Hall–Kier alpha value is -0.830. The molecule has 3 nitrogen and oxygen atoms in total. The molecule has 0 radical (unpaired) electrons. The first-order valence-electron chi connectivity index (χ1n) is 18.6. The van der Waals surface area contributed by atoms with Crippen molar-refractivity contribution in [1.29, 1.82) is 0 Å². The van der Waals surface area contributed by atoms with E-state index < -0.39 is 0 Å². The predicted octanol–water partition coefficient (Wildman–Crippen LogP) is 11.6. The number of unbranched alkanes of at least 4 members (excludes halogenated alkanes) is 16. The van der Waals surface area contributed by atoms with Gasteiger partial charge in [0.05, 0.1) is 0 Å². The molecule has 0 aromatic heterocycles. The molecule has 1 saturated carbocycles. The van der Waals surface area contributed by atoms with Crippen LogP contribution in [0, 0.1) is 5.41 Å². The second kappa shape index (κ2) is 26.8. The van der Waals surface area contributed by atoms with Crippen LogP contribution in [0.25, 0.3) is 0 Å². The third kappa shape index (κ3) is 24.3. The van der Waals surface area contributed by atoms with Gasteiger partial charge in [0, 0.05) is 13.0 Å². The highest BCUT2D eigenvalue weighted by atomic mass is 16.1. The minimum atomic E-state index is 0.231. The van der Waals surface area contributed by atoms with Gasteiger partial charge in [0.15, 0.2) is 0 Å². The zero-order valence-corrected chi connectivity index (χ0v) is 28.6. The van der Waals surface area contributed by atoms with Crippen LogP contribution in [0.5, 0.6) is 0 Å². The quantitative estimate of drug-likeness (QED) is 0.0659. The number of hydrogen-bond acceptors (Lipinski definition) is 2. The van der Waals surface area contributed by atoms with Crippen molar-refractivity contribution in [3.05, 3.63) is 11.6 Å². The Morgan fingerprint density at radius 3 is 1.66 bits per heavy atom. The highest BCUT2D eigenvalue weighted by molar-refractivity contribution is 5.75. The van der Waals surface area contributed by atoms with Crippen LogP contribution in [-0.4, -0.2) is 38.0 Å². The molecule has 1 rings (SSSR count). The van der Waals surface area contributed by atoms with Gasteiger partial charge in [-0.2, -0.15) is 0 Å². The maximum absolute atomic E-state index is 12.0. The molecular formula is C38H74N2O. The van der Waals surface area contributed by atoms with E-state index in [0.717, 1.165) is 25.9 Å². The molecule has 0 aliphatic heterocycles. The van der Waals surface area contributed by atoms with E-state index in [1.807, 2.05) is 0 Å².